The first-order valence-corrected chi connectivity index (χ1v) is 74.2. The predicted molar refractivity (Wildman–Crippen MR) is 514 cm³/mol. The van der Waals surface area contributed by atoms with Crippen molar-refractivity contribution in [2.45, 2.75) is 176 Å². The zero-order chi connectivity index (χ0) is 81.5. The van der Waals surface area contributed by atoms with Crippen LogP contribution in [0.1, 0.15) is 175 Å². The number of hydrogen-bond acceptors (Lipinski definition) is 36. The van der Waals surface area contributed by atoms with Gasteiger partial charge in [0.25, 0.3) is 0 Å². The fraction of sp³-hybridized carbons (Fsp3) is 0.818. The van der Waals surface area contributed by atoms with Crippen LogP contribution < -0.4 is 0 Å². The van der Waals surface area contributed by atoms with Crippen LogP contribution >= 0.6 is 154 Å². The van der Waals surface area contributed by atoms with E-state index in [2.05, 4.69) is 143 Å². The molecule has 9 aliphatic rings. The second kappa shape index (κ2) is 39.6. The third-order valence-electron chi connectivity index (χ3n) is 17.7. The minimum absolute atomic E-state index is 0.00604. The third-order valence-corrected chi connectivity index (χ3v) is 64.4. The van der Waals surface area contributed by atoms with Gasteiger partial charge in [0.05, 0.1) is 119 Å². The lowest BCUT2D eigenvalue weighted by Crippen LogP contribution is -2.29. The van der Waals surface area contributed by atoms with Crippen molar-refractivity contribution in [2.75, 3.05) is 119 Å². The molecular formula is C66H111O18P9S18. The van der Waals surface area contributed by atoms with E-state index in [1.54, 1.807) is 102 Å². The number of benzene rings is 2. The Bertz CT molecular complexity index is 3420. The fourth-order valence-corrected chi connectivity index (χ4v) is 48.8. The summed E-state index contributed by atoms with van der Waals surface area (Å²) in [5, 5.41) is 0. The number of hydrogen-bond donors (Lipinski definition) is 0. The smallest absolute Gasteiger partial charge is 0.247 e. The molecule has 0 unspecified atom stereocenters. The van der Waals surface area contributed by atoms with E-state index in [0.29, 0.717) is 171 Å². The van der Waals surface area contributed by atoms with Gasteiger partial charge in [0.1, 0.15) is 0 Å². The van der Waals surface area contributed by atoms with Gasteiger partial charge in [-0.2, -0.15) is 0 Å². The molecule has 9 aliphatic heterocycles. The van der Waals surface area contributed by atoms with Gasteiger partial charge in [-0.1, -0.05) is 245 Å². The molecule has 0 aliphatic carbocycles. The van der Waals surface area contributed by atoms with Gasteiger partial charge in [-0.3, -0.25) is 0 Å². The minimum atomic E-state index is -2.81. The Balaban J connectivity index is 0.000000282. The molecule has 636 valence electrons. The molecule has 11 rings (SSSR count). The van der Waals surface area contributed by atoms with E-state index in [1.165, 1.54) is 16.7 Å². The van der Waals surface area contributed by atoms with E-state index < -0.39 is 51.2 Å². The summed E-state index contributed by atoms with van der Waals surface area (Å²) in [5.41, 5.74) is -15.0. The molecule has 0 saturated carbocycles. The molecule has 9 heterocycles. The maximum absolute atomic E-state index is 6.51. The lowest BCUT2D eigenvalue weighted by Gasteiger charge is -2.38. The van der Waals surface area contributed by atoms with E-state index in [0.717, 1.165) is 33.4 Å². The van der Waals surface area contributed by atoms with Crippen molar-refractivity contribution in [3.63, 3.8) is 0 Å². The molecule has 0 aromatic heterocycles. The average Bonchev–Trinajstić information content (AvgIpc) is 0.749. The first kappa shape index (κ1) is 99.9. The summed E-state index contributed by atoms with van der Waals surface area (Å²) in [7, 11) is 0. The van der Waals surface area contributed by atoms with E-state index in [4.69, 9.17) is 188 Å². The molecule has 2 aromatic carbocycles. The van der Waals surface area contributed by atoms with Gasteiger partial charge in [-0.05, 0) is 156 Å². The van der Waals surface area contributed by atoms with Gasteiger partial charge in [-0.15, -0.1) is 0 Å². The van der Waals surface area contributed by atoms with E-state index in [9.17, 15) is 0 Å². The molecule has 45 heteroatoms. The van der Waals surface area contributed by atoms with Crippen molar-refractivity contribution in [3.8, 4) is 0 Å². The summed E-state index contributed by atoms with van der Waals surface area (Å²) >= 11 is 69.4. The van der Waals surface area contributed by atoms with Gasteiger partial charge >= 0.3 is 0 Å². The summed E-state index contributed by atoms with van der Waals surface area (Å²) in [6, 6.07) is 6.65. The number of rotatable bonds is 27. The summed E-state index contributed by atoms with van der Waals surface area (Å²) in [6.45, 7) is 48.1. The van der Waals surface area contributed by atoms with Crippen LogP contribution in [0.15, 0.2) is 18.2 Å². The van der Waals surface area contributed by atoms with Crippen molar-refractivity contribution in [1.29, 1.82) is 0 Å². The van der Waals surface area contributed by atoms with Crippen LogP contribution in [0.5, 0.6) is 0 Å². The Kier molecular flexibility index (Phi) is 35.6. The highest BCUT2D eigenvalue weighted by molar-refractivity contribution is 8.70. The topological polar surface area (TPSA) is 166 Å². The highest BCUT2D eigenvalue weighted by Crippen LogP contribution is 2.74. The van der Waals surface area contributed by atoms with Gasteiger partial charge < -0.3 is 81.4 Å². The first-order chi connectivity index (χ1) is 51.0. The molecule has 111 heavy (non-hydrogen) atoms. The Hall–Kier alpha value is 6.72. The fourth-order valence-electron chi connectivity index (χ4n) is 10.5. The maximum atomic E-state index is 6.51. The molecule has 9 saturated heterocycles. The SMILES string of the molecule is CC1(C)COP(=S)(SCc2c(CSP3(=S)OCC(C)(C)CO3)c(CSP3(=S)OCC(C)(C)CO3)c(CSP3(=S)OCC(C)(C)CO3)c(CSP3(=S)OCC(C)(C)CO3)c2CSP2(=S)OCC(C)(C)CO2)OC1.CC1(C)COP(=S)(SCc2cc(CSP3(=S)OCC(C)(C)CO3)cc(CSP3(=S)OCC(C)(C)CO3)c2)OC1. The second-order valence-electron chi connectivity index (χ2n) is 35.9. The van der Waals surface area contributed by atoms with Crippen LogP contribution in [-0.4, -0.2) is 119 Å². The highest BCUT2D eigenvalue weighted by atomic mass is 32.9. The van der Waals surface area contributed by atoms with E-state index in [1.807, 2.05) is 0 Å². The van der Waals surface area contributed by atoms with Gasteiger partial charge in [-0.25, -0.2) is 0 Å². The average molecular weight is 2050 g/mol. The molecule has 0 radical (unpaired) electrons. The molecule has 2 aromatic rings. The summed E-state index contributed by atoms with van der Waals surface area (Å²) in [4.78, 5) is 0. The first-order valence-electron chi connectivity index (χ1n) is 36.1. The van der Waals surface area contributed by atoms with Crippen molar-refractivity contribution in [2.24, 2.45) is 48.7 Å². The third kappa shape index (κ3) is 31.0. The lowest BCUT2D eigenvalue weighted by molar-refractivity contribution is 0.0671. The van der Waals surface area contributed by atoms with Crippen LogP contribution in [0.3, 0.4) is 0 Å². The minimum Gasteiger partial charge on any atom is -0.321 e. The van der Waals surface area contributed by atoms with E-state index in [-0.39, 0.29) is 48.7 Å². The predicted octanol–water partition coefficient (Wildman–Crippen LogP) is 26.1. The highest BCUT2D eigenvalue weighted by Gasteiger charge is 2.45. The van der Waals surface area contributed by atoms with Crippen LogP contribution in [0.4, 0.5) is 0 Å². The Morgan fingerprint density at radius 1 is 0.189 bits per heavy atom. The Labute approximate surface area is 745 Å². The molecule has 0 bridgehead atoms. The second-order valence-corrected chi connectivity index (χ2v) is 92.7. The molecule has 0 amide bonds. The summed E-state index contributed by atoms with van der Waals surface area (Å²) in [6.07, 6.45) is 0. The zero-order valence-corrected chi connectivity index (χ0v) is 89.3. The van der Waals surface area contributed by atoms with Crippen molar-refractivity contribution >= 4 is 260 Å². The molecule has 0 spiro atoms. The Morgan fingerprint density at radius 3 is 0.378 bits per heavy atom. The van der Waals surface area contributed by atoms with Gasteiger partial charge in [0, 0.05) is 101 Å². The van der Waals surface area contributed by atoms with Gasteiger partial charge in [0.15, 0.2) is 0 Å². The van der Waals surface area contributed by atoms with Crippen LogP contribution in [0.25, 0.3) is 0 Å². The normalized spacial score (nSPS) is 27.6. The monoisotopic (exact) mass is 2050 g/mol. The lowest BCUT2D eigenvalue weighted by atomic mass is 9.90. The Morgan fingerprint density at radius 2 is 0.279 bits per heavy atom. The quantitative estimate of drug-likeness (QED) is 0.0774. The van der Waals surface area contributed by atoms with Crippen LogP contribution in [0, 0.1) is 48.7 Å². The molecule has 0 N–H and O–H groups in total. The largest absolute Gasteiger partial charge is 0.321 e. The van der Waals surface area contributed by atoms with Crippen molar-refractivity contribution in [1.82, 2.24) is 0 Å². The van der Waals surface area contributed by atoms with Crippen LogP contribution in [-0.2, 0) is 239 Å². The molecule has 18 nitrogen and oxygen atoms in total. The van der Waals surface area contributed by atoms with Crippen LogP contribution in [0.2, 0.25) is 0 Å². The van der Waals surface area contributed by atoms with Crippen molar-refractivity contribution in [3.05, 3.63) is 68.3 Å². The summed E-state index contributed by atoms with van der Waals surface area (Å²) in [5.74, 6) is 4.90. The maximum Gasteiger partial charge on any atom is 0.247 e. The molecule has 0 atom stereocenters. The summed E-state index contributed by atoms with van der Waals surface area (Å²) < 4.78 is 114. The molecule has 9 fully saturated rings. The van der Waals surface area contributed by atoms with Gasteiger partial charge in [0.2, 0.25) is 51.2 Å². The van der Waals surface area contributed by atoms with Crippen molar-refractivity contribution < 1.29 is 81.4 Å². The van der Waals surface area contributed by atoms with E-state index >= 15 is 0 Å². The zero-order valence-electron chi connectivity index (χ0n) is 66.5. The standard InChI is InChI=1S/C42H72O12P6S12.C24H39O6P3S6/c1-37(2)19-43-55(61,44-20-37)67-13-31-32(14-68-56(62)45-21-38(3,4)22-46-56)34(16-70-58(64)49-25-40(7,8)26-50-58)36(18-72-60(66)53-29-42(11,12)30-54-60)35(17-71-59(65)51-27-41(9,10)28-52-59)33(31)15-69-57(63)47-23-39(5,6)24-48-57;1-22(2)13-25-31(34,26-14-22)37-10-19-7-20(11-38-32(35)27-15-23(3,4)16-28-32)9-21(8-19)12-39-33(36)29-17-24(5,6)18-30-33/h13-30H2,1-12H3;7-9H,10-18H2,1-6H3. The molecular weight excluding hydrogens is 1940 g/mol.